The van der Waals surface area contributed by atoms with Crippen LogP contribution in [0, 0.1) is 23.2 Å². The summed E-state index contributed by atoms with van der Waals surface area (Å²) in [6.45, 7) is 6.26. The Bertz CT molecular complexity index is 1130. The maximum absolute atomic E-state index is 11.6. The molecular weight excluding hydrogens is 408 g/mol. The van der Waals surface area contributed by atoms with Crippen LogP contribution >= 0.6 is 11.3 Å². The third-order valence-corrected chi connectivity index (χ3v) is 5.62. The van der Waals surface area contributed by atoms with Crippen LogP contribution in [0.5, 0.6) is 0 Å². The number of benzene rings is 2. The quantitative estimate of drug-likeness (QED) is 0.198. The minimum absolute atomic E-state index is 0.00637. The largest absolute Gasteiger partial charge is 0.303 e. The van der Waals surface area contributed by atoms with Crippen LogP contribution in [0.4, 0.5) is 0 Å². The fraction of sp³-hybridized carbons (Fsp3) is 0.233. The van der Waals surface area contributed by atoms with Crippen molar-refractivity contribution < 1.29 is 4.79 Å². The monoisotopic (exact) mass is 438 g/mol. The van der Waals surface area contributed by atoms with Gasteiger partial charge >= 0.3 is 0 Å². The van der Waals surface area contributed by atoms with Crippen molar-refractivity contribution in [3.63, 3.8) is 0 Å². The van der Waals surface area contributed by atoms with Crippen LogP contribution in [0.1, 0.15) is 43.9 Å². The molecule has 0 radical (unpaired) electrons. The first-order valence-corrected chi connectivity index (χ1v) is 11.9. The Morgan fingerprint density at radius 2 is 1.72 bits per heavy atom. The van der Waals surface area contributed by atoms with Crippen molar-refractivity contribution in [3.05, 3.63) is 94.2 Å². The molecule has 0 saturated carbocycles. The molecule has 0 amide bonds. The van der Waals surface area contributed by atoms with E-state index in [0.29, 0.717) is 6.42 Å². The molecule has 0 N–H and O–H groups in total. The summed E-state index contributed by atoms with van der Waals surface area (Å²) in [5.74, 6) is 6.21. The van der Waals surface area contributed by atoms with Gasteiger partial charge in [0.1, 0.15) is 6.29 Å². The number of allylic oxidation sites excluding steroid dienone is 2. The van der Waals surface area contributed by atoms with Crippen LogP contribution in [0.25, 0.3) is 23.3 Å². The van der Waals surface area contributed by atoms with Crippen molar-refractivity contribution in [2.45, 2.75) is 33.6 Å². The lowest BCUT2D eigenvalue weighted by atomic mass is 9.95. The molecule has 2 heteroatoms. The van der Waals surface area contributed by atoms with Crippen molar-refractivity contribution in [1.82, 2.24) is 0 Å². The molecule has 1 heterocycles. The van der Waals surface area contributed by atoms with Crippen LogP contribution in [0.3, 0.4) is 0 Å². The molecule has 32 heavy (non-hydrogen) atoms. The molecule has 3 rings (SSSR count). The summed E-state index contributed by atoms with van der Waals surface area (Å²) in [5, 5.41) is 4.27. The van der Waals surface area contributed by atoms with E-state index in [0.717, 1.165) is 18.3 Å². The minimum Gasteiger partial charge on any atom is -0.303 e. The van der Waals surface area contributed by atoms with Gasteiger partial charge in [-0.25, -0.2) is 0 Å². The van der Waals surface area contributed by atoms with E-state index in [1.165, 1.54) is 22.3 Å². The molecule has 1 nitrogen and oxygen atoms in total. The van der Waals surface area contributed by atoms with Crippen LogP contribution in [0.15, 0.2) is 77.5 Å². The Hall–Kier alpha value is -3.15. The molecular formula is C30H30OS. The highest BCUT2D eigenvalue weighted by molar-refractivity contribution is 7.08. The van der Waals surface area contributed by atoms with E-state index in [1.807, 2.05) is 12.2 Å². The van der Waals surface area contributed by atoms with Crippen LogP contribution < -0.4 is 0 Å². The zero-order valence-corrected chi connectivity index (χ0v) is 19.9. The predicted octanol–water partition coefficient (Wildman–Crippen LogP) is 7.94. The Balaban J connectivity index is 1.63. The first-order valence-electron chi connectivity index (χ1n) is 11.0. The first-order chi connectivity index (χ1) is 15.4. The van der Waals surface area contributed by atoms with Crippen molar-refractivity contribution in [3.8, 4) is 23.0 Å². The average molecular weight is 439 g/mol. The van der Waals surface area contributed by atoms with E-state index < -0.39 is 0 Å². The number of rotatable bonds is 8. The number of carbonyl (C=O) groups excluding carboxylic acids is 1. The molecule has 0 fully saturated rings. The number of carbonyl (C=O) groups is 1. The molecule has 0 aliphatic rings. The zero-order valence-electron chi connectivity index (χ0n) is 19.0. The molecule has 0 aliphatic heterocycles. The smallest absolute Gasteiger partial charge is 0.123 e. The van der Waals surface area contributed by atoms with Crippen LogP contribution in [0.2, 0.25) is 0 Å². The molecule has 2 aromatic carbocycles. The van der Waals surface area contributed by atoms with Gasteiger partial charge in [0.25, 0.3) is 0 Å². The van der Waals surface area contributed by atoms with E-state index in [4.69, 9.17) is 0 Å². The van der Waals surface area contributed by atoms with Gasteiger partial charge in [0.2, 0.25) is 0 Å². The summed E-state index contributed by atoms with van der Waals surface area (Å²) in [4.78, 5) is 11.6. The van der Waals surface area contributed by atoms with E-state index >= 15 is 0 Å². The van der Waals surface area contributed by atoms with E-state index in [9.17, 15) is 4.79 Å². The lowest BCUT2D eigenvalue weighted by molar-refractivity contribution is -0.111. The second-order valence-corrected chi connectivity index (χ2v) is 9.75. The average Bonchev–Trinajstić information content (AvgIpc) is 3.31. The molecule has 1 aromatic heterocycles. The highest BCUT2D eigenvalue weighted by Gasteiger charge is 2.07. The third-order valence-electron chi connectivity index (χ3n) is 4.94. The maximum atomic E-state index is 11.6. The number of hydrogen-bond acceptors (Lipinski definition) is 2. The van der Waals surface area contributed by atoms with Gasteiger partial charge < -0.3 is 4.79 Å². The highest BCUT2D eigenvalue weighted by Crippen LogP contribution is 2.24. The zero-order chi connectivity index (χ0) is 22.8. The molecule has 0 spiro atoms. The molecule has 0 aliphatic carbocycles. The van der Waals surface area contributed by atoms with Crippen LogP contribution in [-0.2, 0) is 11.2 Å². The Kier molecular flexibility index (Phi) is 8.42. The Morgan fingerprint density at radius 3 is 2.41 bits per heavy atom. The van der Waals surface area contributed by atoms with Gasteiger partial charge in [-0.05, 0) is 90.4 Å². The van der Waals surface area contributed by atoms with E-state index in [2.05, 4.69) is 110 Å². The highest BCUT2D eigenvalue weighted by atomic mass is 32.1. The Labute approximate surface area is 196 Å². The lowest BCUT2D eigenvalue weighted by Gasteiger charge is -2.08. The standard InChI is InChI=1S/C30H30OS/c1-30(2,3)17-6-4-5-9-27(22-31)20-26-12-7-10-24(19-26)14-15-25-11-8-13-28(21-25)29-16-18-32-23-29/h4-5,7-8,10-16,18-19,21-23,27H,9,20H2,1-3H3/b5-4+,15-14+. The van der Waals surface area contributed by atoms with Crippen molar-refractivity contribution in [1.29, 1.82) is 0 Å². The van der Waals surface area contributed by atoms with Gasteiger partial charge in [-0.15, -0.1) is 0 Å². The topological polar surface area (TPSA) is 17.1 Å². The van der Waals surface area contributed by atoms with Crippen molar-refractivity contribution in [2.75, 3.05) is 0 Å². The summed E-state index contributed by atoms with van der Waals surface area (Å²) < 4.78 is 0. The first kappa shape index (κ1) is 23.5. The summed E-state index contributed by atoms with van der Waals surface area (Å²) in [7, 11) is 0. The molecule has 1 unspecified atom stereocenters. The van der Waals surface area contributed by atoms with Gasteiger partial charge in [-0.3, -0.25) is 0 Å². The minimum atomic E-state index is -0.0378. The predicted molar refractivity (Wildman–Crippen MR) is 139 cm³/mol. The van der Waals surface area contributed by atoms with Gasteiger partial charge in [0.15, 0.2) is 0 Å². The number of hydrogen-bond donors (Lipinski definition) is 0. The number of thiophene rings is 1. The lowest BCUT2D eigenvalue weighted by Crippen LogP contribution is -2.05. The second kappa shape index (κ2) is 11.5. The van der Waals surface area contributed by atoms with Crippen molar-refractivity contribution >= 4 is 29.8 Å². The van der Waals surface area contributed by atoms with Gasteiger partial charge in [-0.2, -0.15) is 11.3 Å². The van der Waals surface area contributed by atoms with Crippen LogP contribution in [-0.4, -0.2) is 6.29 Å². The maximum Gasteiger partial charge on any atom is 0.123 e. The Morgan fingerprint density at radius 1 is 0.969 bits per heavy atom. The summed E-state index contributed by atoms with van der Waals surface area (Å²) in [6, 6.07) is 19.1. The molecule has 3 aromatic rings. The number of aldehydes is 1. The molecule has 0 saturated heterocycles. The van der Waals surface area contributed by atoms with Gasteiger partial charge in [0, 0.05) is 11.3 Å². The molecule has 1 atom stereocenters. The summed E-state index contributed by atoms with van der Waals surface area (Å²) in [5.41, 5.74) is 5.96. The normalized spacial score (nSPS) is 12.6. The van der Waals surface area contributed by atoms with Crippen molar-refractivity contribution in [2.24, 2.45) is 11.3 Å². The van der Waals surface area contributed by atoms with E-state index in [1.54, 1.807) is 11.3 Å². The molecule has 0 bridgehead atoms. The SMILES string of the molecule is CC(C)(C)C#C/C=C/CC(C=O)Cc1cccc(/C=C/c2cccc(-c3ccsc3)c2)c1. The fourth-order valence-electron chi connectivity index (χ4n) is 3.32. The fourth-order valence-corrected chi connectivity index (χ4v) is 3.98. The summed E-state index contributed by atoms with van der Waals surface area (Å²) in [6.07, 6.45) is 10.6. The summed E-state index contributed by atoms with van der Waals surface area (Å²) >= 11 is 1.71. The third kappa shape index (κ3) is 7.84. The van der Waals surface area contributed by atoms with Gasteiger partial charge in [0.05, 0.1) is 0 Å². The molecule has 162 valence electrons. The van der Waals surface area contributed by atoms with E-state index in [-0.39, 0.29) is 11.3 Å². The van der Waals surface area contributed by atoms with Gasteiger partial charge in [-0.1, -0.05) is 72.5 Å². The second-order valence-electron chi connectivity index (χ2n) is 8.97.